The van der Waals surface area contributed by atoms with Crippen molar-refractivity contribution in [3.8, 4) is 0 Å². The molecule has 1 aromatic heterocycles. The number of carbonyl (C=O) groups excluding carboxylic acids is 3. The SMILES string of the molecule is Cc1[nH]c(C=C2C(=O)Nc3ccc(C(=O)N[C@H](C)c4ccccc4)cc32)c(C)c1NC(=O)C(O)CCl. The van der Waals surface area contributed by atoms with Crippen LogP contribution in [0.1, 0.15) is 51.4 Å². The predicted molar refractivity (Wildman–Crippen MR) is 141 cm³/mol. The van der Waals surface area contributed by atoms with Crippen molar-refractivity contribution in [1.82, 2.24) is 10.3 Å². The molecule has 36 heavy (non-hydrogen) atoms. The molecule has 1 unspecified atom stereocenters. The molecule has 2 aromatic carbocycles. The second kappa shape index (κ2) is 10.4. The fourth-order valence-electron chi connectivity index (χ4n) is 4.10. The van der Waals surface area contributed by atoms with Gasteiger partial charge in [0.1, 0.15) is 6.10 Å². The highest BCUT2D eigenvalue weighted by Gasteiger charge is 2.27. The van der Waals surface area contributed by atoms with Crippen LogP contribution in [0.4, 0.5) is 11.4 Å². The topological polar surface area (TPSA) is 123 Å². The van der Waals surface area contributed by atoms with Crippen LogP contribution >= 0.6 is 11.6 Å². The van der Waals surface area contributed by atoms with Crippen molar-refractivity contribution in [1.29, 1.82) is 0 Å². The van der Waals surface area contributed by atoms with Crippen LogP contribution in [0.5, 0.6) is 0 Å². The molecule has 5 N–H and O–H groups in total. The maximum atomic E-state index is 12.9. The number of nitrogens with one attached hydrogen (secondary N) is 4. The molecule has 0 bridgehead atoms. The molecule has 0 saturated carbocycles. The summed E-state index contributed by atoms with van der Waals surface area (Å²) in [7, 11) is 0. The van der Waals surface area contributed by atoms with E-state index in [9.17, 15) is 19.5 Å². The minimum atomic E-state index is -1.33. The van der Waals surface area contributed by atoms with E-state index in [0.29, 0.717) is 45.0 Å². The van der Waals surface area contributed by atoms with E-state index >= 15 is 0 Å². The van der Waals surface area contributed by atoms with Gasteiger partial charge in [0.2, 0.25) is 0 Å². The molecular weight excluding hydrogens is 480 g/mol. The van der Waals surface area contributed by atoms with E-state index in [2.05, 4.69) is 20.9 Å². The van der Waals surface area contributed by atoms with Crippen molar-refractivity contribution < 1.29 is 19.5 Å². The quantitative estimate of drug-likeness (QED) is 0.244. The van der Waals surface area contributed by atoms with Gasteiger partial charge in [0.25, 0.3) is 17.7 Å². The van der Waals surface area contributed by atoms with Gasteiger partial charge in [-0.25, -0.2) is 0 Å². The summed E-state index contributed by atoms with van der Waals surface area (Å²) >= 11 is 5.57. The average Bonchev–Trinajstić information content (AvgIpc) is 3.33. The predicted octanol–water partition coefficient (Wildman–Crippen LogP) is 4.15. The molecule has 2 atom stereocenters. The van der Waals surface area contributed by atoms with Crippen LogP contribution < -0.4 is 16.0 Å². The molecule has 3 amide bonds. The molecule has 0 radical (unpaired) electrons. The zero-order valence-corrected chi connectivity index (χ0v) is 20.9. The Kier molecular flexibility index (Phi) is 7.28. The van der Waals surface area contributed by atoms with E-state index in [1.165, 1.54) is 0 Å². The van der Waals surface area contributed by atoms with E-state index in [1.54, 1.807) is 38.1 Å². The van der Waals surface area contributed by atoms with Crippen LogP contribution in [0.2, 0.25) is 0 Å². The number of fused-ring (bicyclic) bond motifs is 1. The Hall–Kier alpha value is -3.88. The van der Waals surface area contributed by atoms with Crippen molar-refractivity contribution >= 4 is 52.3 Å². The largest absolute Gasteiger partial charge is 0.382 e. The summed E-state index contributed by atoms with van der Waals surface area (Å²) in [6, 6.07) is 14.6. The third-order valence-electron chi connectivity index (χ3n) is 6.17. The van der Waals surface area contributed by atoms with Crippen LogP contribution in [0.15, 0.2) is 48.5 Å². The number of aliphatic hydroxyl groups excluding tert-OH is 1. The van der Waals surface area contributed by atoms with Crippen LogP contribution in [0, 0.1) is 13.8 Å². The minimum absolute atomic E-state index is 0.183. The Morgan fingerprint density at radius 1 is 1.14 bits per heavy atom. The Bertz CT molecular complexity index is 1360. The van der Waals surface area contributed by atoms with E-state index in [0.717, 1.165) is 5.56 Å². The zero-order chi connectivity index (χ0) is 26.0. The van der Waals surface area contributed by atoms with Crippen molar-refractivity contribution in [3.63, 3.8) is 0 Å². The van der Waals surface area contributed by atoms with E-state index in [4.69, 9.17) is 11.6 Å². The molecule has 1 aliphatic heterocycles. The van der Waals surface area contributed by atoms with Crippen LogP contribution in [0.25, 0.3) is 11.6 Å². The van der Waals surface area contributed by atoms with Crippen LogP contribution in [-0.2, 0) is 9.59 Å². The number of benzene rings is 2. The number of halogens is 1. The standard InChI is InChI=1S/C27H27ClN4O4/c1-14-22(29-16(3)24(14)32-27(36)23(33)13-28)12-20-19-11-18(9-10-21(19)31-26(20)35)25(34)30-15(2)17-7-5-4-6-8-17/h4-12,15,23,29,33H,13H2,1-3H3,(H,30,34)(H,31,35)(H,32,36)/t15-,23?/m1/s1. The number of aromatic amines is 1. The molecule has 2 heterocycles. The molecular formula is C27H27ClN4O4. The second-order valence-electron chi connectivity index (χ2n) is 8.70. The molecule has 0 fully saturated rings. The number of rotatable bonds is 7. The van der Waals surface area contributed by atoms with Gasteiger partial charge in [0.15, 0.2) is 0 Å². The van der Waals surface area contributed by atoms with Gasteiger partial charge in [0, 0.05) is 28.2 Å². The van der Waals surface area contributed by atoms with Crippen molar-refractivity contribution in [2.45, 2.75) is 32.9 Å². The lowest BCUT2D eigenvalue weighted by atomic mass is 10.0. The fraction of sp³-hybridized carbons (Fsp3) is 0.222. The third-order valence-corrected chi connectivity index (χ3v) is 6.47. The lowest BCUT2D eigenvalue weighted by molar-refractivity contribution is -0.123. The van der Waals surface area contributed by atoms with Crippen molar-refractivity contribution in [3.05, 3.63) is 82.2 Å². The number of aryl methyl sites for hydroxylation is 1. The summed E-state index contributed by atoms with van der Waals surface area (Å²) in [4.78, 5) is 41.0. The van der Waals surface area contributed by atoms with Crippen LogP contribution in [-0.4, -0.2) is 39.8 Å². The van der Waals surface area contributed by atoms with E-state index < -0.39 is 12.0 Å². The maximum Gasteiger partial charge on any atom is 0.256 e. The molecule has 1 aliphatic rings. The monoisotopic (exact) mass is 506 g/mol. The third kappa shape index (κ3) is 5.05. The first-order valence-electron chi connectivity index (χ1n) is 11.5. The summed E-state index contributed by atoms with van der Waals surface area (Å²) < 4.78 is 0. The van der Waals surface area contributed by atoms with Gasteiger partial charge in [-0.05, 0) is 56.2 Å². The number of carbonyl (C=O) groups is 3. The Morgan fingerprint density at radius 3 is 2.56 bits per heavy atom. The molecule has 0 aliphatic carbocycles. The second-order valence-corrected chi connectivity index (χ2v) is 9.01. The van der Waals surface area contributed by atoms with E-state index in [1.807, 2.05) is 37.3 Å². The number of aliphatic hydroxyl groups is 1. The maximum absolute atomic E-state index is 12.9. The summed E-state index contributed by atoms with van der Waals surface area (Å²) in [6.07, 6.45) is 0.356. The molecule has 186 valence electrons. The summed E-state index contributed by atoms with van der Waals surface area (Å²) in [5.41, 5.74) is 5.52. The van der Waals surface area contributed by atoms with Gasteiger partial charge in [0.05, 0.1) is 23.2 Å². The number of anilines is 2. The molecule has 0 spiro atoms. The highest BCUT2D eigenvalue weighted by Crippen LogP contribution is 2.35. The van der Waals surface area contributed by atoms with Crippen molar-refractivity contribution in [2.24, 2.45) is 0 Å². The smallest absolute Gasteiger partial charge is 0.256 e. The first kappa shape index (κ1) is 25.2. The number of hydrogen-bond donors (Lipinski definition) is 5. The molecule has 0 saturated heterocycles. The fourth-order valence-corrected chi connectivity index (χ4v) is 4.24. The first-order valence-corrected chi connectivity index (χ1v) is 12.0. The summed E-state index contributed by atoms with van der Waals surface area (Å²) in [5, 5.41) is 18.2. The van der Waals surface area contributed by atoms with Gasteiger partial charge in [-0.1, -0.05) is 30.3 Å². The zero-order valence-electron chi connectivity index (χ0n) is 20.1. The normalized spacial score (nSPS) is 15.2. The van der Waals surface area contributed by atoms with Gasteiger partial charge in [-0.15, -0.1) is 11.6 Å². The number of alkyl halides is 1. The van der Waals surface area contributed by atoms with Crippen molar-refractivity contribution in [2.75, 3.05) is 16.5 Å². The number of aromatic nitrogens is 1. The summed E-state index contributed by atoms with van der Waals surface area (Å²) in [6.45, 7) is 5.48. The summed E-state index contributed by atoms with van der Waals surface area (Å²) in [5.74, 6) is -1.38. The van der Waals surface area contributed by atoms with Gasteiger partial charge in [-0.3, -0.25) is 14.4 Å². The lowest BCUT2D eigenvalue weighted by Gasteiger charge is -2.14. The average molecular weight is 507 g/mol. The molecule has 8 nitrogen and oxygen atoms in total. The highest BCUT2D eigenvalue weighted by molar-refractivity contribution is 6.35. The highest BCUT2D eigenvalue weighted by atomic mass is 35.5. The van der Waals surface area contributed by atoms with E-state index in [-0.39, 0.29) is 23.7 Å². The Balaban J connectivity index is 1.61. The number of hydrogen-bond acceptors (Lipinski definition) is 4. The van der Waals surface area contributed by atoms with Gasteiger partial charge < -0.3 is 26.0 Å². The Labute approximate surface area is 213 Å². The van der Waals surface area contributed by atoms with Gasteiger partial charge in [-0.2, -0.15) is 0 Å². The molecule has 3 aromatic rings. The lowest BCUT2D eigenvalue weighted by Crippen LogP contribution is -2.29. The minimum Gasteiger partial charge on any atom is -0.382 e. The van der Waals surface area contributed by atoms with Crippen LogP contribution in [0.3, 0.4) is 0 Å². The first-order chi connectivity index (χ1) is 17.2. The number of amides is 3. The molecule has 4 rings (SSSR count). The molecule has 9 heteroatoms. The number of H-pyrrole nitrogens is 1. The van der Waals surface area contributed by atoms with Gasteiger partial charge >= 0.3 is 0 Å². The Morgan fingerprint density at radius 2 is 1.86 bits per heavy atom.